The lowest BCUT2D eigenvalue weighted by molar-refractivity contribution is 0.642. The summed E-state index contributed by atoms with van der Waals surface area (Å²) in [5.41, 5.74) is 7.55. The minimum Gasteiger partial charge on any atom is -0.399 e. The lowest BCUT2D eigenvalue weighted by Gasteiger charge is -2.15. The zero-order valence-electron chi connectivity index (χ0n) is 10.4. The van der Waals surface area contributed by atoms with Crippen LogP contribution in [-0.2, 0) is 10.8 Å². The van der Waals surface area contributed by atoms with Gasteiger partial charge in [0.2, 0.25) is 0 Å². The van der Waals surface area contributed by atoms with Crippen LogP contribution < -0.4 is 5.73 Å². The molecule has 1 atom stereocenters. The average molecular weight is 251 g/mol. The second-order valence-corrected chi connectivity index (χ2v) is 6.64. The van der Waals surface area contributed by atoms with E-state index in [2.05, 4.69) is 0 Å². The Labute approximate surface area is 106 Å². The molecule has 1 aromatic carbocycles. The van der Waals surface area contributed by atoms with E-state index in [0.29, 0.717) is 5.25 Å². The quantitative estimate of drug-likeness (QED) is 0.646. The van der Waals surface area contributed by atoms with Crippen LogP contribution in [0.3, 0.4) is 0 Å². The predicted molar refractivity (Wildman–Crippen MR) is 73.5 cm³/mol. The lowest BCUT2D eigenvalue weighted by atomic mass is 10.2. The Hall–Kier alpha value is -0.830. The molecule has 0 heterocycles. The number of rotatable bonds is 2. The number of nitrogens with two attached hydrogens (primary N) is 1. The van der Waals surface area contributed by atoms with Crippen LogP contribution in [0.4, 0.5) is 5.69 Å². The molecule has 1 saturated carbocycles. The van der Waals surface area contributed by atoms with Gasteiger partial charge in [-0.25, -0.2) is 0 Å². The molecule has 1 aromatic rings. The van der Waals surface area contributed by atoms with Crippen molar-refractivity contribution in [3.8, 4) is 0 Å². The summed E-state index contributed by atoms with van der Waals surface area (Å²) in [6.45, 7) is 2.00. The summed E-state index contributed by atoms with van der Waals surface area (Å²) in [5.74, 6) is 0. The zero-order chi connectivity index (χ0) is 12.3. The molecule has 1 unspecified atom stereocenters. The number of nitrogen functional groups attached to an aromatic ring is 1. The molecule has 17 heavy (non-hydrogen) atoms. The van der Waals surface area contributed by atoms with Gasteiger partial charge in [0.15, 0.2) is 0 Å². The third kappa shape index (κ3) is 3.09. The van der Waals surface area contributed by atoms with Gasteiger partial charge in [-0.1, -0.05) is 25.7 Å². The lowest BCUT2D eigenvalue weighted by Crippen LogP contribution is -2.15. The Bertz CT molecular complexity index is 409. The van der Waals surface area contributed by atoms with Gasteiger partial charge in [0.25, 0.3) is 0 Å². The van der Waals surface area contributed by atoms with E-state index in [1.54, 1.807) is 0 Å². The highest BCUT2D eigenvalue weighted by atomic mass is 32.2. The van der Waals surface area contributed by atoms with Gasteiger partial charge in [-0.05, 0) is 43.5 Å². The van der Waals surface area contributed by atoms with E-state index in [4.69, 9.17) is 5.73 Å². The molecule has 94 valence electrons. The molecule has 3 heteroatoms. The fraction of sp³-hybridized carbons (Fsp3) is 0.571. The molecular weight excluding hydrogens is 230 g/mol. The highest BCUT2D eigenvalue weighted by Crippen LogP contribution is 2.27. The van der Waals surface area contributed by atoms with Crippen LogP contribution in [0.15, 0.2) is 23.1 Å². The molecule has 0 saturated heterocycles. The van der Waals surface area contributed by atoms with Gasteiger partial charge in [-0.3, -0.25) is 4.21 Å². The number of hydrogen-bond donors (Lipinski definition) is 1. The normalized spacial score (nSPS) is 19.8. The summed E-state index contributed by atoms with van der Waals surface area (Å²) in [7, 11) is -0.856. The number of benzene rings is 1. The van der Waals surface area contributed by atoms with Gasteiger partial charge >= 0.3 is 0 Å². The van der Waals surface area contributed by atoms with Gasteiger partial charge in [0.1, 0.15) is 0 Å². The van der Waals surface area contributed by atoms with Crippen molar-refractivity contribution < 1.29 is 4.21 Å². The Kier molecular flexibility index (Phi) is 4.21. The van der Waals surface area contributed by atoms with Crippen LogP contribution in [0.25, 0.3) is 0 Å². The first-order valence-electron chi connectivity index (χ1n) is 6.45. The van der Waals surface area contributed by atoms with Crippen molar-refractivity contribution >= 4 is 16.5 Å². The molecule has 0 amide bonds. The second-order valence-electron chi connectivity index (χ2n) is 4.94. The van der Waals surface area contributed by atoms with Gasteiger partial charge in [-0.2, -0.15) is 0 Å². The monoisotopic (exact) mass is 251 g/mol. The van der Waals surface area contributed by atoms with Crippen molar-refractivity contribution in [3.63, 3.8) is 0 Å². The van der Waals surface area contributed by atoms with Crippen LogP contribution in [-0.4, -0.2) is 9.46 Å². The second kappa shape index (κ2) is 5.67. The van der Waals surface area contributed by atoms with Crippen LogP contribution in [0, 0.1) is 6.92 Å². The highest BCUT2D eigenvalue weighted by molar-refractivity contribution is 7.85. The SMILES string of the molecule is Cc1cc(N)ccc1S(=O)C1CCCCCC1. The Morgan fingerprint density at radius 2 is 1.82 bits per heavy atom. The summed E-state index contributed by atoms with van der Waals surface area (Å²) < 4.78 is 12.6. The molecule has 1 fully saturated rings. The van der Waals surface area contributed by atoms with Gasteiger partial charge in [0, 0.05) is 15.8 Å². The summed E-state index contributed by atoms with van der Waals surface area (Å²) in [6, 6.07) is 5.71. The largest absolute Gasteiger partial charge is 0.399 e. The van der Waals surface area contributed by atoms with Crippen molar-refractivity contribution in [1.82, 2.24) is 0 Å². The van der Waals surface area contributed by atoms with E-state index in [9.17, 15) is 4.21 Å². The third-order valence-electron chi connectivity index (χ3n) is 3.52. The maximum Gasteiger partial charge on any atom is 0.0563 e. The van der Waals surface area contributed by atoms with Crippen LogP contribution >= 0.6 is 0 Å². The van der Waals surface area contributed by atoms with E-state index in [1.165, 1.54) is 25.7 Å². The Balaban J connectivity index is 2.17. The van der Waals surface area contributed by atoms with Crippen molar-refractivity contribution in [2.24, 2.45) is 0 Å². The summed E-state index contributed by atoms with van der Waals surface area (Å²) >= 11 is 0. The molecular formula is C14H21NOS. The molecule has 0 bridgehead atoms. The van der Waals surface area contributed by atoms with Crippen LogP contribution in [0.5, 0.6) is 0 Å². The molecule has 1 aliphatic carbocycles. The smallest absolute Gasteiger partial charge is 0.0563 e. The highest BCUT2D eigenvalue weighted by Gasteiger charge is 2.21. The van der Waals surface area contributed by atoms with E-state index >= 15 is 0 Å². The predicted octanol–water partition coefficient (Wildman–Crippen LogP) is 3.41. The number of anilines is 1. The van der Waals surface area contributed by atoms with E-state index < -0.39 is 10.8 Å². The van der Waals surface area contributed by atoms with E-state index in [-0.39, 0.29) is 0 Å². The first-order valence-corrected chi connectivity index (χ1v) is 7.66. The fourth-order valence-corrected chi connectivity index (χ4v) is 4.23. The van der Waals surface area contributed by atoms with Crippen LogP contribution in [0.2, 0.25) is 0 Å². The maximum absolute atomic E-state index is 12.6. The standard InChI is InChI=1S/C14H21NOS/c1-11-10-12(15)8-9-14(11)17(16)13-6-4-2-3-5-7-13/h8-10,13H,2-7,15H2,1H3. The Morgan fingerprint density at radius 3 is 2.41 bits per heavy atom. The summed E-state index contributed by atoms with van der Waals surface area (Å²) in [4.78, 5) is 0.978. The molecule has 2 nitrogen and oxygen atoms in total. The summed E-state index contributed by atoms with van der Waals surface area (Å²) in [5, 5.41) is 0.347. The molecule has 1 aliphatic rings. The van der Waals surface area contributed by atoms with Gasteiger partial charge < -0.3 is 5.73 Å². The zero-order valence-corrected chi connectivity index (χ0v) is 11.3. The fourth-order valence-electron chi connectivity index (χ4n) is 2.53. The van der Waals surface area contributed by atoms with E-state index in [1.807, 2.05) is 25.1 Å². The van der Waals surface area contributed by atoms with Gasteiger partial charge in [-0.15, -0.1) is 0 Å². The topological polar surface area (TPSA) is 43.1 Å². The number of hydrogen-bond acceptors (Lipinski definition) is 2. The summed E-state index contributed by atoms with van der Waals surface area (Å²) in [6.07, 6.45) is 7.27. The molecule has 0 spiro atoms. The van der Waals surface area contributed by atoms with Gasteiger partial charge in [0.05, 0.1) is 10.8 Å². The molecule has 0 aromatic heterocycles. The van der Waals surface area contributed by atoms with Crippen molar-refractivity contribution in [1.29, 1.82) is 0 Å². The minimum atomic E-state index is -0.856. The third-order valence-corrected chi connectivity index (χ3v) is 5.49. The maximum atomic E-state index is 12.6. The first kappa shape index (κ1) is 12.6. The van der Waals surface area contributed by atoms with Crippen molar-refractivity contribution in [2.75, 3.05) is 5.73 Å². The average Bonchev–Trinajstić information content (AvgIpc) is 2.56. The first-order chi connectivity index (χ1) is 8.18. The molecule has 2 N–H and O–H groups in total. The minimum absolute atomic E-state index is 0.347. The van der Waals surface area contributed by atoms with Crippen LogP contribution in [0.1, 0.15) is 44.1 Å². The van der Waals surface area contributed by atoms with Crippen molar-refractivity contribution in [2.45, 2.75) is 55.6 Å². The molecule has 2 rings (SSSR count). The van der Waals surface area contributed by atoms with E-state index in [0.717, 1.165) is 29.0 Å². The molecule has 0 aliphatic heterocycles. The Morgan fingerprint density at radius 1 is 1.18 bits per heavy atom. The molecule has 0 radical (unpaired) electrons. The van der Waals surface area contributed by atoms with Crippen molar-refractivity contribution in [3.05, 3.63) is 23.8 Å². The number of aryl methyl sites for hydroxylation is 1.